The Morgan fingerprint density at radius 3 is 1.42 bits per heavy atom. The summed E-state index contributed by atoms with van der Waals surface area (Å²) >= 11 is 25.9. The number of rotatable bonds is 2. The molecule has 0 fully saturated rings. The molecular weight excluding hydrogens is 342 g/mol. The Hall–Kier alpha value is -0.0500. The van der Waals surface area contributed by atoms with E-state index in [1.807, 2.05) is 26.0 Å². The van der Waals surface area contributed by atoms with Crippen molar-refractivity contribution in [2.24, 2.45) is 0 Å². The van der Waals surface area contributed by atoms with E-state index in [1.165, 1.54) is 0 Å². The molecule has 2 aromatic rings. The van der Waals surface area contributed by atoms with Gasteiger partial charge in [0.1, 0.15) is 0 Å². The SMILES string of the molecule is Cc1c(Sc2ccc(Cl)c(Cl)c2C)ccc(Cl)c1Cl. The molecule has 0 atom stereocenters. The lowest BCUT2D eigenvalue weighted by Crippen LogP contribution is -1.86. The van der Waals surface area contributed by atoms with Crippen molar-refractivity contribution in [1.82, 2.24) is 0 Å². The smallest absolute Gasteiger partial charge is 0.0632 e. The molecule has 0 aliphatic heterocycles. The van der Waals surface area contributed by atoms with Gasteiger partial charge in [-0.3, -0.25) is 0 Å². The molecule has 100 valence electrons. The molecule has 0 bridgehead atoms. The van der Waals surface area contributed by atoms with Crippen LogP contribution < -0.4 is 0 Å². The Kier molecular flexibility index (Phi) is 4.97. The van der Waals surface area contributed by atoms with E-state index >= 15 is 0 Å². The summed E-state index contributed by atoms with van der Waals surface area (Å²) in [5.74, 6) is 0. The third-order valence-corrected chi connectivity index (χ3v) is 5.92. The fraction of sp³-hybridized carbons (Fsp3) is 0.143. The van der Waals surface area contributed by atoms with Crippen LogP contribution in [0.4, 0.5) is 0 Å². The van der Waals surface area contributed by atoms with Gasteiger partial charge in [0.25, 0.3) is 0 Å². The van der Waals surface area contributed by atoms with Gasteiger partial charge in [-0.2, -0.15) is 0 Å². The molecule has 0 aliphatic carbocycles. The van der Waals surface area contributed by atoms with E-state index in [1.54, 1.807) is 23.9 Å². The van der Waals surface area contributed by atoms with Gasteiger partial charge < -0.3 is 0 Å². The van der Waals surface area contributed by atoms with Crippen molar-refractivity contribution in [3.05, 3.63) is 55.5 Å². The van der Waals surface area contributed by atoms with Crippen molar-refractivity contribution in [3.8, 4) is 0 Å². The summed E-state index contributed by atoms with van der Waals surface area (Å²) in [6.07, 6.45) is 0. The summed E-state index contributed by atoms with van der Waals surface area (Å²) < 4.78 is 0. The first-order chi connectivity index (χ1) is 8.91. The number of hydrogen-bond donors (Lipinski definition) is 0. The van der Waals surface area contributed by atoms with E-state index in [2.05, 4.69) is 0 Å². The van der Waals surface area contributed by atoms with Crippen LogP contribution in [-0.4, -0.2) is 0 Å². The first-order valence-corrected chi connectivity index (χ1v) is 7.81. The van der Waals surface area contributed by atoms with Crippen molar-refractivity contribution >= 4 is 58.2 Å². The maximum absolute atomic E-state index is 6.15. The molecule has 0 nitrogen and oxygen atoms in total. The number of hydrogen-bond acceptors (Lipinski definition) is 1. The topological polar surface area (TPSA) is 0 Å². The third-order valence-electron chi connectivity index (χ3n) is 2.80. The molecule has 5 heteroatoms. The Morgan fingerprint density at radius 2 is 1.05 bits per heavy atom. The second kappa shape index (κ2) is 6.15. The standard InChI is InChI=1S/C14H10Cl4S/c1-7-11(5-3-9(15)13(7)17)19-12-6-4-10(16)14(18)8(12)2/h3-6H,1-2H3. The van der Waals surface area contributed by atoms with Gasteiger partial charge in [0.15, 0.2) is 0 Å². The zero-order chi connectivity index (χ0) is 14.2. The quantitative estimate of drug-likeness (QED) is 0.557. The highest BCUT2D eigenvalue weighted by Gasteiger charge is 2.12. The average molecular weight is 352 g/mol. The molecular formula is C14H10Cl4S. The van der Waals surface area contributed by atoms with Gasteiger partial charge in [-0.1, -0.05) is 58.2 Å². The van der Waals surface area contributed by atoms with E-state index in [-0.39, 0.29) is 0 Å². The van der Waals surface area contributed by atoms with Gasteiger partial charge in [0.2, 0.25) is 0 Å². The monoisotopic (exact) mass is 350 g/mol. The number of halogens is 4. The highest BCUT2D eigenvalue weighted by molar-refractivity contribution is 7.99. The summed E-state index contributed by atoms with van der Waals surface area (Å²) in [5, 5.41) is 2.30. The van der Waals surface area contributed by atoms with Crippen LogP contribution in [0.15, 0.2) is 34.1 Å². The Bertz CT molecular complexity index is 582. The summed E-state index contributed by atoms with van der Waals surface area (Å²) in [6.45, 7) is 3.90. The fourth-order valence-corrected chi connectivity index (χ4v) is 3.48. The Labute approximate surface area is 137 Å². The minimum atomic E-state index is 0.564. The maximum atomic E-state index is 6.15. The summed E-state index contributed by atoms with van der Waals surface area (Å²) in [5.41, 5.74) is 1.93. The molecule has 0 heterocycles. The highest BCUT2D eigenvalue weighted by Crippen LogP contribution is 2.40. The minimum absolute atomic E-state index is 0.564. The zero-order valence-electron chi connectivity index (χ0n) is 10.2. The zero-order valence-corrected chi connectivity index (χ0v) is 14.1. The Morgan fingerprint density at radius 1 is 0.684 bits per heavy atom. The average Bonchev–Trinajstić information content (AvgIpc) is 2.39. The summed E-state index contributed by atoms with van der Waals surface area (Å²) in [4.78, 5) is 2.10. The van der Waals surface area contributed by atoms with Crippen LogP contribution in [0.2, 0.25) is 20.1 Å². The largest absolute Gasteiger partial charge is 0.0894 e. The summed E-state index contributed by atoms with van der Waals surface area (Å²) in [7, 11) is 0. The first-order valence-electron chi connectivity index (χ1n) is 5.49. The van der Waals surface area contributed by atoms with Crippen molar-refractivity contribution in [1.29, 1.82) is 0 Å². The molecule has 2 aromatic carbocycles. The molecule has 0 aromatic heterocycles. The van der Waals surface area contributed by atoms with Gasteiger partial charge in [-0.25, -0.2) is 0 Å². The lowest BCUT2D eigenvalue weighted by Gasteiger charge is -2.11. The highest BCUT2D eigenvalue weighted by atomic mass is 35.5. The van der Waals surface area contributed by atoms with E-state index in [4.69, 9.17) is 46.4 Å². The predicted octanol–water partition coefficient (Wildman–Crippen LogP) is 7.07. The lowest BCUT2D eigenvalue weighted by atomic mass is 10.2. The van der Waals surface area contributed by atoms with Crippen molar-refractivity contribution in [2.75, 3.05) is 0 Å². The molecule has 0 radical (unpaired) electrons. The normalized spacial score (nSPS) is 10.8. The second-order valence-electron chi connectivity index (χ2n) is 4.07. The lowest BCUT2D eigenvalue weighted by molar-refractivity contribution is 1.26. The van der Waals surface area contributed by atoms with Crippen LogP contribution in [-0.2, 0) is 0 Å². The van der Waals surface area contributed by atoms with Crippen LogP contribution in [0, 0.1) is 13.8 Å². The number of benzene rings is 2. The van der Waals surface area contributed by atoms with Gasteiger partial charge in [0.05, 0.1) is 20.1 Å². The molecule has 0 aliphatic rings. The molecule has 0 saturated heterocycles. The van der Waals surface area contributed by atoms with Crippen molar-refractivity contribution in [2.45, 2.75) is 23.6 Å². The van der Waals surface area contributed by atoms with Crippen LogP contribution in [0.25, 0.3) is 0 Å². The maximum Gasteiger partial charge on any atom is 0.0632 e. The van der Waals surface area contributed by atoms with Crippen LogP contribution in [0.1, 0.15) is 11.1 Å². The molecule has 0 saturated carbocycles. The Balaban J connectivity index is 2.43. The van der Waals surface area contributed by atoms with E-state index in [0.29, 0.717) is 20.1 Å². The second-order valence-corrected chi connectivity index (χ2v) is 6.73. The van der Waals surface area contributed by atoms with Gasteiger partial charge >= 0.3 is 0 Å². The van der Waals surface area contributed by atoms with Crippen LogP contribution >= 0.6 is 58.2 Å². The van der Waals surface area contributed by atoms with E-state index in [0.717, 1.165) is 20.9 Å². The van der Waals surface area contributed by atoms with Gasteiger partial charge in [-0.15, -0.1) is 0 Å². The van der Waals surface area contributed by atoms with Crippen molar-refractivity contribution < 1.29 is 0 Å². The van der Waals surface area contributed by atoms with Crippen molar-refractivity contribution in [3.63, 3.8) is 0 Å². The van der Waals surface area contributed by atoms with Crippen LogP contribution in [0.3, 0.4) is 0 Å². The minimum Gasteiger partial charge on any atom is -0.0894 e. The van der Waals surface area contributed by atoms with Gasteiger partial charge in [0, 0.05) is 9.79 Å². The molecule has 2 rings (SSSR count). The van der Waals surface area contributed by atoms with E-state index < -0.39 is 0 Å². The van der Waals surface area contributed by atoms with E-state index in [9.17, 15) is 0 Å². The van der Waals surface area contributed by atoms with Crippen LogP contribution in [0.5, 0.6) is 0 Å². The summed E-state index contributed by atoms with van der Waals surface area (Å²) in [6, 6.07) is 7.50. The molecule has 0 amide bonds. The molecule has 0 N–H and O–H groups in total. The van der Waals surface area contributed by atoms with Gasteiger partial charge in [-0.05, 0) is 49.2 Å². The fourth-order valence-electron chi connectivity index (χ4n) is 1.61. The third kappa shape index (κ3) is 3.17. The molecule has 0 spiro atoms. The predicted molar refractivity (Wildman–Crippen MR) is 86.5 cm³/mol. The molecule has 0 unspecified atom stereocenters. The molecule has 19 heavy (non-hydrogen) atoms. The first kappa shape index (κ1) is 15.3.